The van der Waals surface area contributed by atoms with Gasteiger partial charge >= 0.3 is 11.9 Å². The Morgan fingerprint density at radius 1 is 1.27 bits per heavy atom. The molecule has 5 atom stereocenters. The van der Waals surface area contributed by atoms with Crippen molar-refractivity contribution >= 4 is 11.9 Å². The van der Waals surface area contributed by atoms with Crippen LogP contribution in [0.5, 0.6) is 0 Å². The maximum absolute atomic E-state index is 12.0. The molecule has 0 saturated heterocycles. The topological polar surface area (TPSA) is 93.1 Å². The van der Waals surface area contributed by atoms with Gasteiger partial charge in [-0.2, -0.15) is 0 Å². The monoisotopic (exact) mass is 310 g/mol. The van der Waals surface area contributed by atoms with Gasteiger partial charge < -0.3 is 19.7 Å². The van der Waals surface area contributed by atoms with E-state index < -0.39 is 35.3 Å². The van der Waals surface area contributed by atoms with Gasteiger partial charge in [-0.05, 0) is 25.2 Å². The summed E-state index contributed by atoms with van der Waals surface area (Å²) in [5, 5.41) is 21.5. The maximum Gasteiger partial charge on any atom is 0.344 e. The van der Waals surface area contributed by atoms with Gasteiger partial charge in [0.05, 0.1) is 11.2 Å². The molecule has 0 aromatic rings. The third-order valence-corrected chi connectivity index (χ3v) is 5.62. The van der Waals surface area contributed by atoms with Gasteiger partial charge in [0, 0.05) is 24.8 Å². The molecule has 4 rings (SSSR count). The SMILES string of the molecule is C=CC(=O)OCC(=O)OC12CC3CC(O)(CC(O)(C3)C1C)C2. The van der Waals surface area contributed by atoms with Crippen molar-refractivity contribution in [1.29, 1.82) is 0 Å². The van der Waals surface area contributed by atoms with Crippen molar-refractivity contribution in [3.8, 4) is 0 Å². The first-order valence-electron chi connectivity index (χ1n) is 7.66. The lowest BCUT2D eigenvalue weighted by Gasteiger charge is -2.65. The summed E-state index contributed by atoms with van der Waals surface area (Å²) in [5.74, 6) is -1.45. The summed E-state index contributed by atoms with van der Waals surface area (Å²) in [5.41, 5.74) is -2.84. The fourth-order valence-electron chi connectivity index (χ4n) is 4.98. The minimum Gasteiger partial charge on any atom is -0.456 e. The number of carbonyl (C=O) groups excluding carboxylic acids is 2. The quantitative estimate of drug-likeness (QED) is 0.586. The Balaban J connectivity index is 1.76. The summed E-state index contributed by atoms with van der Waals surface area (Å²) in [6.07, 6.45) is 3.57. The summed E-state index contributed by atoms with van der Waals surface area (Å²) < 4.78 is 10.3. The highest BCUT2D eigenvalue weighted by Gasteiger charge is 2.68. The van der Waals surface area contributed by atoms with Gasteiger partial charge in [-0.15, -0.1) is 0 Å². The van der Waals surface area contributed by atoms with E-state index in [9.17, 15) is 19.8 Å². The molecule has 0 radical (unpaired) electrons. The number of hydrogen-bond acceptors (Lipinski definition) is 6. The molecule has 122 valence electrons. The van der Waals surface area contributed by atoms with Gasteiger partial charge in [-0.1, -0.05) is 13.5 Å². The first-order chi connectivity index (χ1) is 10.2. The van der Waals surface area contributed by atoms with Crippen molar-refractivity contribution < 1.29 is 29.3 Å². The molecular weight excluding hydrogens is 288 g/mol. The summed E-state index contributed by atoms with van der Waals surface area (Å²) in [6.45, 7) is 4.64. The lowest BCUT2D eigenvalue weighted by molar-refractivity contribution is -0.290. The van der Waals surface area contributed by atoms with Crippen molar-refractivity contribution in [1.82, 2.24) is 0 Å². The van der Waals surface area contributed by atoms with E-state index in [0.29, 0.717) is 32.1 Å². The van der Waals surface area contributed by atoms with Crippen LogP contribution >= 0.6 is 0 Å². The molecule has 4 saturated carbocycles. The van der Waals surface area contributed by atoms with E-state index in [1.165, 1.54) is 0 Å². The molecule has 4 aliphatic carbocycles. The number of aliphatic hydroxyl groups is 2. The molecule has 0 aromatic heterocycles. The van der Waals surface area contributed by atoms with Gasteiger partial charge in [-0.3, -0.25) is 0 Å². The van der Waals surface area contributed by atoms with E-state index >= 15 is 0 Å². The number of esters is 2. The lowest BCUT2D eigenvalue weighted by atomic mass is 9.46. The van der Waals surface area contributed by atoms with Crippen LogP contribution in [-0.4, -0.2) is 45.6 Å². The van der Waals surface area contributed by atoms with E-state index in [2.05, 4.69) is 6.58 Å². The van der Waals surface area contributed by atoms with Crippen molar-refractivity contribution in [2.75, 3.05) is 6.61 Å². The lowest BCUT2D eigenvalue weighted by Crippen LogP contribution is -2.71. The molecule has 6 nitrogen and oxygen atoms in total. The van der Waals surface area contributed by atoms with Gasteiger partial charge in [-0.25, -0.2) is 9.59 Å². The number of hydrogen-bond donors (Lipinski definition) is 2. The summed E-state index contributed by atoms with van der Waals surface area (Å²) in [4.78, 5) is 23.0. The van der Waals surface area contributed by atoms with E-state index in [4.69, 9.17) is 9.47 Å². The Hall–Kier alpha value is -1.40. The van der Waals surface area contributed by atoms with Crippen LogP contribution in [0.4, 0.5) is 0 Å². The van der Waals surface area contributed by atoms with Crippen LogP contribution in [0, 0.1) is 11.8 Å². The molecule has 6 heteroatoms. The Bertz CT molecular complexity index is 531. The molecule has 4 aliphatic rings. The second kappa shape index (κ2) is 4.80. The summed E-state index contributed by atoms with van der Waals surface area (Å²) >= 11 is 0. The van der Waals surface area contributed by atoms with E-state index in [-0.39, 0.29) is 11.8 Å². The summed E-state index contributed by atoms with van der Waals surface area (Å²) in [6, 6.07) is 0. The van der Waals surface area contributed by atoms with Crippen LogP contribution in [0.2, 0.25) is 0 Å². The highest BCUT2D eigenvalue weighted by Crippen LogP contribution is 2.62. The van der Waals surface area contributed by atoms with Gasteiger partial charge in [0.15, 0.2) is 6.61 Å². The normalized spacial score (nSPS) is 45.4. The minimum atomic E-state index is -0.994. The molecule has 5 unspecified atom stereocenters. The zero-order chi connectivity index (χ0) is 16.2. The average Bonchev–Trinajstić information content (AvgIpc) is 2.40. The minimum absolute atomic E-state index is 0.150. The zero-order valence-electron chi connectivity index (χ0n) is 12.7. The predicted molar refractivity (Wildman–Crippen MR) is 75.6 cm³/mol. The maximum atomic E-state index is 12.0. The van der Waals surface area contributed by atoms with Crippen LogP contribution < -0.4 is 0 Å². The van der Waals surface area contributed by atoms with Crippen molar-refractivity contribution in [3.63, 3.8) is 0 Å². The van der Waals surface area contributed by atoms with Crippen molar-refractivity contribution in [2.24, 2.45) is 11.8 Å². The van der Waals surface area contributed by atoms with Crippen molar-refractivity contribution in [2.45, 2.75) is 55.8 Å². The third-order valence-electron chi connectivity index (χ3n) is 5.62. The number of carbonyl (C=O) groups is 2. The Morgan fingerprint density at radius 3 is 2.64 bits per heavy atom. The molecule has 22 heavy (non-hydrogen) atoms. The Morgan fingerprint density at radius 2 is 2.00 bits per heavy atom. The van der Waals surface area contributed by atoms with E-state index in [1.807, 2.05) is 6.92 Å². The molecule has 4 bridgehead atoms. The molecular formula is C16H22O6. The smallest absolute Gasteiger partial charge is 0.344 e. The van der Waals surface area contributed by atoms with E-state index in [1.54, 1.807) is 0 Å². The van der Waals surface area contributed by atoms with Crippen LogP contribution in [0.15, 0.2) is 12.7 Å². The Kier molecular flexibility index (Phi) is 3.38. The third kappa shape index (κ3) is 2.34. The second-order valence-corrected chi connectivity index (χ2v) is 7.23. The van der Waals surface area contributed by atoms with Crippen LogP contribution in [0.1, 0.15) is 39.0 Å². The van der Waals surface area contributed by atoms with Gasteiger partial charge in [0.1, 0.15) is 5.60 Å². The predicted octanol–water partition coefficient (Wildman–Crippen LogP) is 0.703. The number of rotatable bonds is 4. The fourth-order valence-corrected chi connectivity index (χ4v) is 4.98. The Labute approximate surface area is 129 Å². The highest BCUT2D eigenvalue weighted by atomic mass is 16.6. The largest absolute Gasteiger partial charge is 0.456 e. The van der Waals surface area contributed by atoms with Crippen molar-refractivity contribution in [3.05, 3.63) is 12.7 Å². The second-order valence-electron chi connectivity index (χ2n) is 7.23. The van der Waals surface area contributed by atoms with Crippen LogP contribution in [0.25, 0.3) is 0 Å². The fraction of sp³-hybridized carbons (Fsp3) is 0.750. The molecule has 0 aromatic carbocycles. The van der Waals surface area contributed by atoms with Gasteiger partial charge in [0.2, 0.25) is 0 Å². The van der Waals surface area contributed by atoms with Crippen LogP contribution in [0.3, 0.4) is 0 Å². The highest BCUT2D eigenvalue weighted by molar-refractivity contribution is 5.83. The molecule has 0 spiro atoms. The van der Waals surface area contributed by atoms with E-state index in [0.717, 1.165) is 6.08 Å². The number of ether oxygens (including phenoxy) is 2. The summed E-state index contributed by atoms with van der Waals surface area (Å²) in [7, 11) is 0. The first kappa shape index (κ1) is 15.5. The molecule has 4 fully saturated rings. The molecule has 2 N–H and O–H groups in total. The first-order valence-corrected chi connectivity index (χ1v) is 7.66. The van der Waals surface area contributed by atoms with Gasteiger partial charge in [0.25, 0.3) is 0 Å². The molecule has 0 amide bonds. The standard InChI is InChI=1S/C16H22O6/c1-3-12(17)21-7-13(18)22-16-6-11-4-14(19,9-16)8-15(20,5-11)10(16)2/h3,10-11,19-20H,1,4-9H2,2H3. The molecule has 0 heterocycles. The average molecular weight is 310 g/mol. The zero-order valence-corrected chi connectivity index (χ0v) is 12.7. The molecule has 0 aliphatic heterocycles. The van der Waals surface area contributed by atoms with Crippen LogP contribution in [-0.2, 0) is 19.1 Å².